The monoisotopic (exact) mass is 243 g/mol. The maximum Gasteiger partial charge on any atom is 0.326 e. The molecule has 0 aliphatic carbocycles. The lowest BCUT2D eigenvalue weighted by Crippen LogP contribution is -2.56. The molecule has 2 aliphatic rings. The fourth-order valence-electron chi connectivity index (χ4n) is 2.79. The highest BCUT2D eigenvalue weighted by Crippen LogP contribution is 2.36. The van der Waals surface area contributed by atoms with Crippen LogP contribution < -0.4 is 5.32 Å². The fourth-order valence-corrected chi connectivity index (χ4v) is 4.19. The van der Waals surface area contributed by atoms with Gasteiger partial charge in [-0.1, -0.05) is 0 Å². The minimum atomic E-state index is -0.380. The van der Waals surface area contributed by atoms with Crippen molar-refractivity contribution in [1.29, 1.82) is 0 Å². The summed E-state index contributed by atoms with van der Waals surface area (Å²) in [6.45, 7) is 0.951. The number of ether oxygens (including phenoxy) is 1. The van der Waals surface area contributed by atoms with Crippen molar-refractivity contribution in [2.45, 2.75) is 49.3 Å². The third kappa shape index (κ3) is 2.54. The molecule has 16 heavy (non-hydrogen) atoms. The molecule has 0 saturated carbocycles. The second kappa shape index (κ2) is 5.41. The Kier molecular flexibility index (Phi) is 4.14. The van der Waals surface area contributed by atoms with Crippen LogP contribution >= 0.6 is 11.8 Å². The smallest absolute Gasteiger partial charge is 0.326 e. The van der Waals surface area contributed by atoms with Crippen LogP contribution in [0.1, 0.15) is 38.5 Å². The third-order valence-electron chi connectivity index (χ3n) is 3.67. The van der Waals surface area contributed by atoms with Gasteiger partial charge in [-0.2, -0.15) is 11.8 Å². The van der Waals surface area contributed by atoms with Crippen LogP contribution in [-0.2, 0) is 9.53 Å². The summed E-state index contributed by atoms with van der Waals surface area (Å²) >= 11 is 2.01. The van der Waals surface area contributed by atoms with Crippen LogP contribution in [0.3, 0.4) is 0 Å². The Morgan fingerprint density at radius 1 is 1.50 bits per heavy atom. The Morgan fingerprint density at radius 3 is 2.94 bits per heavy atom. The molecular formula is C12H21NO2S. The molecule has 0 radical (unpaired) electrons. The molecule has 0 bridgehead atoms. The molecule has 2 heterocycles. The van der Waals surface area contributed by atoms with Gasteiger partial charge in [-0.05, 0) is 50.8 Å². The number of esters is 1. The molecule has 2 rings (SSSR count). The molecule has 92 valence electrons. The van der Waals surface area contributed by atoms with E-state index in [1.165, 1.54) is 32.1 Å². The van der Waals surface area contributed by atoms with Gasteiger partial charge in [0.15, 0.2) is 0 Å². The van der Waals surface area contributed by atoms with Crippen molar-refractivity contribution in [2.75, 3.05) is 19.4 Å². The zero-order valence-corrected chi connectivity index (χ0v) is 10.8. The summed E-state index contributed by atoms with van der Waals surface area (Å²) < 4.78 is 4.99. The predicted molar refractivity (Wildman–Crippen MR) is 66.7 cm³/mol. The summed E-state index contributed by atoms with van der Waals surface area (Å²) in [7, 11) is 1.50. The second-order valence-electron chi connectivity index (χ2n) is 4.80. The molecule has 0 aromatic carbocycles. The molecular weight excluding hydrogens is 222 g/mol. The van der Waals surface area contributed by atoms with Gasteiger partial charge in [0.1, 0.15) is 5.54 Å². The normalized spacial score (nSPS) is 34.9. The van der Waals surface area contributed by atoms with Gasteiger partial charge in [-0.15, -0.1) is 0 Å². The van der Waals surface area contributed by atoms with Crippen molar-refractivity contribution in [1.82, 2.24) is 5.32 Å². The number of carbonyl (C=O) groups excluding carboxylic acids is 1. The number of rotatable bonds is 3. The highest BCUT2D eigenvalue weighted by atomic mass is 32.2. The van der Waals surface area contributed by atoms with E-state index in [1.807, 2.05) is 11.8 Å². The Morgan fingerprint density at radius 2 is 2.38 bits per heavy atom. The molecule has 0 aromatic rings. The lowest BCUT2D eigenvalue weighted by Gasteiger charge is -2.37. The van der Waals surface area contributed by atoms with E-state index >= 15 is 0 Å². The van der Waals surface area contributed by atoms with Crippen molar-refractivity contribution in [3.63, 3.8) is 0 Å². The first-order valence-electron chi connectivity index (χ1n) is 6.22. The lowest BCUT2D eigenvalue weighted by molar-refractivity contribution is -0.150. The number of thioether (sulfide) groups is 1. The summed E-state index contributed by atoms with van der Waals surface area (Å²) in [4.78, 5) is 12.0. The van der Waals surface area contributed by atoms with E-state index in [0.717, 1.165) is 25.8 Å². The van der Waals surface area contributed by atoms with Crippen LogP contribution in [-0.4, -0.2) is 36.2 Å². The summed E-state index contributed by atoms with van der Waals surface area (Å²) in [5.41, 5.74) is -0.380. The number of nitrogens with one attached hydrogen (secondary N) is 1. The molecule has 0 spiro atoms. The molecule has 3 nitrogen and oxygen atoms in total. The highest BCUT2D eigenvalue weighted by Gasteiger charge is 2.42. The molecule has 0 amide bonds. The maximum atomic E-state index is 12.0. The third-order valence-corrected chi connectivity index (χ3v) is 5.07. The standard InChI is InChI=1S/C12H21NO2S/c1-15-11(14)12(6-2-3-7-13-12)9-10-5-4-8-16-10/h10,13H,2-9H2,1H3. The molecule has 2 saturated heterocycles. The summed E-state index contributed by atoms with van der Waals surface area (Å²) in [6.07, 6.45) is 6.76. The highest BCUT2D eigenvalue weighted by molar-refractivity contribution is 8.00. The molecule has 2 unspecified atom stereocenters. The van der Waals surface area contributed by atoms with Crippen LogP contribution in [0.15, 0.2) is 0 Å². The van der Waals surface area contributed by atoms with Gasteiger partial charge in [-0.25, -0.2) is 0 Å². The zero-order chi connectivity index (χ0) is 11.4. The molecule has 2 fully saturated rings. The SMILES string of the molecule is COC(=O)C1(CC2CCCS2)CCCCN1. The van der Waals surface area contributed by atoms with Gasteiger partial charge in [0.05, 0.1) is 7.11 Å². The van der Waals surface area contributed by atoms with Crippen LogP contribution in [0.25, 0.3) is 0 Å². The van der Waals surface area contributed by atoms with E-state index in [0.29, 0.717) is 5.25 Å². The van der Waals surface area contributed by atoms with E-state index < -0.39 is 0 Å². The molecule has 4 heteroatoms. The van der Waals surface area contributed by atoms with E-state index in [1.54, 1.807) is 0 Å². The number of carbonyl (C=O) groups is 1. The minimum Gasteiger partial charge on any atom is -0.468 e. The van der Waals surface area contributed by atoms with Crippen molar-refractivity contribution < 1.29 is 9.53 Å². The summed E-state index contributed by atoms with van der Waals surface area (Å²) in [6, 6.07) is 0. The largest absolute Gasteiger partial charge is 0.468 e. The summed E-state index contributed by atoms with van der Waals surface area (Å²) in [5, 5.41) is 4.07. The maximum absolute atomic E-state index is 12.0. The van der Waals surface area contributed by atoms with E-state index in [4.69, 9.17) is 4.74 Å². The average Bonchev–Trinajstić information content (AvgIpc) is 2.82. The lowest BCUT2D eigenvalue weighted by atomic mass is 9.84. The number of hydrogen-bond acceptors (Lipinski definition) is 4. The first kappa shape index (κ1) is 12.2. The Bertz CT molecular complexity index is 245. The van der Waals surface area contributed by atoms with Crippen LogP contribution in [0.4, 0.5) is 0 Å². The van der Waals surface area contributed by atoms with Crippen molar-refractivity contribution >= 4 is 17.7 Å². The zero-order valence-electron chi connectivity index (χ0n) is 9.96. The van der Waals surface area contributed by atoms with Gasteiger partial charge < -0.3 is 10.1 Å². The average molecular weight is 243 g/mol. The summed E-state index contributed by atoms with van der Waals surface area (Å²) in [5.74, 6) is 1.20. The van der Waals surface area contributed by atoms with Crippen LogP contribution in [0.5, 0.6) is 0 Å². The second-order valence-corrected chi connectivity index (χ2v) is 6.20. The Balaban J connectivity index is 2.03. The van der Waals surface area contributed by atoms with E-state index in [2.05, 4.69) is 5.32 Å². The topological polar surface area (TPSA) is 38.3 Å². The predicted octanol–water partition coefficient (Wildman–Crippen LogP) is 1.96. The van der Waals surface area contributed by atoms with Crippen molar-refractivity contribution in [2.24, 2.45) is 0 Å². The Hall–Kier alpha value is -0.220. The first-order chi connectivity index (χ1) is 7.77. The fraction of sp³-hybridized carbons (Fsp3) is 0.917. The van der Waals surface area contributed by atoms with Crippen LogP contribution in [0.2, 0.25) is 0 Å². The number of methoxy groups -OCH3 is 1. The van der Waals surface area contributed by atoms with Crippen molar-refractivity contribution in [3.8, 4) is 0 Å². The van der Waals surface area contributed by atoms with Gasteiger partial charge in [0.25, 0.3) is 0 Å². The van der Waals surface area contributed by atoms with Gasteiger partial charge in [-0.3, -0.25) is 4.79 Å². The molecule has 1 N–H and O–H groups in total. The number of piperidine rings is 1. The van der Waals surface area contributed by atoms with E-state index in [-0.39, 0.29) is 11.5 Å². The molecule has 0 aromatic heterocycles. The first-order valence-corrected chi connectivity index (χ1v) is 7.27. The number of hydrogen-bond donors (Lipinski definition) is 1. The van der Waals surface area contributed by atoms with Gasteiger partial charge in [0.2, 0.25) is 0 Å². The molecule has 2 atom stereocenters. The van der Waals surface area contributed by atoms with E-state index in [9.17, 15) is 4.79 Å². The Labute approximate surface area is 102 Å². The van der Waals surface area contributed by atoms with Gasteiger partial charge in [0, 0.05) is 5.25 Å². The quantitative estimate of drug-likeness (QED) is 0.769. The minimum absolute atomic E-state index is 0.0558. The van der Waals surface area contributed by atoms with Gasteiger partial charge >= 0.3 is 5.97 Å². The van der Waals surface area contributed by atoms with Crippen molar-refractivity contribution in [3.05, 3.63) is 0 Å². The van der Waals surface area contributed by atoms with Crippen LogP contribution in [0, 0.1) is 0 Å². The molecule has 2 aliphatic heterocycles.